The monoisotopic (exact) mass is 433 g/mol. The average Bonchev–Trinajstić information content (AvgIpc) is 2.66. The number of benzene rings is 2. The molecule has 160 valence electrons. The van der Waals surface area contributed by atoms with Gasteiger partial charge < -0.3 is 15.2 Å². The first-order valence-electron chi connectivity index (χ1n) is 8.85. The zero-order valence-corrected chi connectivity index (χ0v) is 17.6. The molecule has 0 fully saturated rings. The Morgan fingerprint density at radius 1 is 1.00 bits per heavy atom. The van der Waals surface area contributed by atoms with Gasteiger partial charge in [-0.2, -0.15) is 4.72 Å². The van der Waals surface area contributed by atoms with Crippen LogP contribution in [0, 0.1) is 5.41 Å². The molecule has 2 aromatic carbocycles. The largest absolute Gasteiger partial charge is 0.459 e. The van der Waals surface area contributed by atoms with Gasteiger partial charge in [-0.25, -0.2) is 13.2 Å². The Bertz CT molecular complexity index is 1040. The molecule has 0 amide bonds. The van der Waals surface area contributed by atoms with Crippen LogP contribution in [-0.2, 0) is 19.6 Å². The summed E-state index contributed by atoms with van der Waals surface area (Å²) in [5.74, 6) is -1.25. The van der Waals surface area contributed by atoms with Crippen LogP contribution in [0.2, 0.25) is 0 Å². The molecule has 4 N–H and O–H groups in total. The van der Waals surface area contributed by atoms with Crippen LogP contribution in [0.15, 0.2) is 53.4 Å². The lowest BCUT2D eigenvalue weighted by molar-refractivity contribution is -0.153. The molecule has 0 radical (unpaired) electrons. The number of nitrogens with one attached hydrogen (secondary N) is 2. The number of carbonyl (C=O) groups excluding carboxylic acids is 2. The van der Waals surface area contributed by atoms with E-state index >= 15 is 0 Å². The van der Waals surface area contributed by atoms with E-state index in [-0.39, 0.29) is 22.0 Å². The summed E-state index contributed by atoms with van der Waals surface area (Å²) in [5.41, 5.74) is 5.27. The van der Waals surface area contributed by atoms with Gasteiger partial charge in [0.05, 0.1) is 10.5 Å². The molecular formula is C20H23N3O6S. The fraction of sp³-hybridized carbons (Fsp3) is 0.250. The number of amidine groups is 1. The highest BCUT2D eigenvalue weighted by molar-refractivity contribution is 7.89. The van der Waals surface area contributed by atoms with E-state index in [1.807, 2.05) is 0 Å². The number of sulfonamides is 1. The van der Waals surface area contributed by atoms with E-state index in [1.54, 1.807) is 20.8 Å². The summed E-state index contributed by atoms with van der Waals surface area (Å²) in [5, 5.41) is 7.33. The molecule has 2 rings (SSSR count). The summed E-state index contributed by atoms with van der Waals surface area (Å²) in [4.78, 5) is 23.8. The van der Waals surface area contributed by atoms with Crippen molar-refractivity contribution in [3.63, 3.8) is 0 Å². The average molecular weight is 433 g/mol. The highest BCUT2D eigenvalue weighted by Crippen LogP contribution is 2.16. The molecule has 0 spiro atoms. The van der Waals surface area contributed by atoms with Crippen LogP contribution >= 0.6 is 0 Å². The molecule has 2 aromatic rings. The van der Waals surface area contributed by atoms with Gasteiger partial charge in [-0.1, -0.05) is 0 Å². The van der Waals surface area contributed by atoms with E-state index in [2.05, 4.69) is 4.72 Å². The summed E-state index contributed by atoms with van der Waals surface area (Å²) in [6, 6.07) is 11.1. The van der Waals surface area contributed by atoms with E-state index in [9.17, 15) is 18.0 Å². The lowest BCUT2D eigenvalue weighted by Crippen LogP contribution is -2.34. The molecule has 9 nitrogen and oxygen atoms in total. The molecule has 0 saturated heterocycles. The minimum atomic E-state index is -3.96. The second kappa shape index (κ2) is 9.06. The number of rotatable bonds is 7. The van der Waals surface area contributed by atoms with Gasteiger partial charge >= 0.3 is 11.9 Å². The minimum absolute atomic E-state index is 0.107. The summed E-state index contributed by atoms with van der Waals surface area (Å²) >= 11 is 0. The quantitative estimate of drug-likeness (QED) is 0.261. The third-order valence-electron chi connectivity index (χ3n) is 3.60. The van der Waals surface area contributed by atoms with Crippen LogP contribution < -0.4 is 15.2 Å². The van der Waals surface area contributed by atoms with Gasteiger partial charge in [-0.05, 0) is 69.3 Å². The molecular weight excluding hydrogens is 410 g/mol. The topological polar surface area (TPSA) is 149 Å². The molecule has 10 heteroatoms. The predicted molar refractivity (Wildman–Crippen MR) is 110 cm³/mol. The number of nitrogen functional groups attached to an aromatic ring is 1. The van der Waals surface area contributed by atoms with Crippen molar-refractivity contribution >= 4 is 27.8 Å². The van der Waals surface area contributed by atoms with Crippen molar-refractivity contribution < 1.29 is 27.5 Å². The van der Waals surface area contributed by atoms with Gasteiger partial charge in [-0.3, -0.25) is 10.2 Å². The predicted octanol–water partition coefficient (Wildman–Crippen LogP) is 1.81. The van der Waals surface area contributed by atoms with Crippen molar-refractivity contribution in [2.45, 2.75) is 31.3 Å². The number of hydrogen-bond acceptors (Lipinski definition) is 7. The molecule has 0 heterocycles. The van der Waals surface area contributed by atoms with E-state index in [0.29, 0.717) is 5.56 Å². The maximum atomic E-state index is 12.3. The first-order valence-corrected chi connectivity index (χ1v) is 10.3. The summed E-state index contributed by atoms with van der Waals surface area (Å²) in [6.45, 7) is 4.51. The highest BCUT2D eigenvalue weighted by atomic mass is 32.2. The van der Waals surface area contributed by atoms with Crippen LogP contribution in [0.3, 0.4) is 0 Å². The van der Waals surface area contributed by atoms with Crippen molar-refractivity contribution in [1.29, 1.82) is 5.41 Å². The number of nitrogens with two attached hydrogens (primary N) is 1. The van der Waals surface area contributed by atoms with E-state index in [1.165, 1.54) is 48.5 Å². The van der Waals surface area contributed by atoms with E-state index < -0.39 is 34.1 Å². The Morgan fingerprint density at radius 3 is 2.03 bits per heavy atom. The fourth-order valence-corrected chi connectivity index (χ4v) is 3.22. The van der Waals surface area contributed by atoms with Gasteiger partial charge in [0.2, 0.25) is 10.0 Å². The molecule has 0 aromatic heterocycles. The molecule has 0 aliphatic heterocycles. The van der Waals surface area contributed by atoms with Crippen LogP contribution in [0.25, 0.3) is 0 Å². The normalized spacial score (nSPS) is 11.6. The van der Waals surface area contributed by atoms with Gasteiger partial charge in [0.15, 0.2) is 0 Å². The molecule has 0 bridgehead atoms. The van der Waals surface area contributed by atoms with Crippen LogP contribution in [0.5, 0.6) is 5.75 Å². The Balaban J connectivity index is 2.01. The van der Waals surface area contributed by atoms with E-state index in [0.717, 1.165) is 0 Å². The summed E-state index contributed by atoms with van der Waals surface area (Å²) in [6.07, 6.45) is 0. The fourth-order valence-electron chi connectivity index (χ4n) is 2.25. The number of carbonyl (C=O) groups is 2. The molecule has 0 unspecified atom stereocenters. The zero-order valence-electron chi connectivity index (χ0n) is 16.8. The molecule has 0 atom stereocenters. The molecule has 0 saturated carbocycles. The maximum Gasteiger partial charge on any atom is 0.343 e. The second-order valence-electron chi connectivity index (χ2n) is 7.26. The van der Waals surface area contributed by atoms with Gasteiger partial charge in [0, 0.05) is 5.56 Å². The minimum Gasteiger partial charge on any atom is -0.459 e. The van der Waals surface area contributed by atoms with Gasteiger partial charge in [-0.15, -0.1) is 0 Å². The van der Waals surface area contributed by atoms with Gasteiger partial charge in [0.25, 0.3) is 0 Å². The van der Waals surface area contributed by atoms with Crippen LogP contribution in [0.1, 0.15) is 36.7 Å². The van der Waals surface area contributed by atoms with Crippen molar-refractivity contribution in [3.05, 3.63) is 59.7 Å². The van der Waals surface area contributed by atoms with E-state index in [4.69, 9.17) is 20.6 Å². The first-order chi connectivity index (χ1) is 13.9. The number of esters is 2. The third kappa shape index (κ3) is 6.68. The Kier molecular flexibility index (Phi) is 6.96. The Labute approximate surface area is 174 Å². The number of ether oxygens (including phenoxy) is 2. The van der Waals surface area contributed by atoms with Gasteiger partial charge in [0.1, 0.15) is 23.7 Å². The molecule has 30 heavy (non-hydrogen) atoms. The second-order valence-corrected chi connectivity index (χ2v) is 9.03. The zero-order chi connectivity index (χ0) is 22.5. The molecule has 0 aliphatic carbocycles. The summed E-state index contributed by atoms with van der Waals surface area (Å²) < 4.78 is 37.0. The van der Waals surface area contributed by atoms with Crippen molar-refractivity contribution in [2.24, 2.45) is 5.73 Å². The Hall–Kier alpha value is -3.24. The molecule has 0 aliphatic rings. The number of hydrogen-bond donors (Lipinski definition) is 3. The third-order valence-corrected chi connectivity index (χ3v) is 5.02. The van der Waals surface area contributed by atoms with Crippen LogP contribution in [-0.4, -0.2) is 38.3 Å². The maximum absolute atomic E-state index is 12.3. The lowest BCUT2D eigenvalue weighted by atomic mass is 10.2. The van der Waals surface area contributed by atoms with Crippen molar-refractivity contribution in [3.8, 4) is 5.75 Å². The van der Waals surface area contributed by atoms with Crippen molar-refractivity contribution in [1.82, 2.24) is 4.72 Å². The summed E-state index contributed by atoms with van der Waals surface area (Å²) in [7, 11) is -3.96. The SMILES string of the molecule is CC(C)(C)OC(=O)CNS(=O)(=O)c1ccc(C(=O)Oc2ccc(C(=N)N)cc2)cc1. The smallest absolute Gasteiger partial charge is 0.343 e. The highest BCUT2D eigenvalue weighted by Gasteiger charge is 2.20. The Morgan fingerprint density at radius 2 is 1.53 bits per heavy atom. The van der Waals surface area contributed by atoms with Crippen LogP contribution in [0.4, 0.5) is 0 Å². The standard InChI is InChI=1S/C20H23N3O6S/c1-20(2,3)29-17(24)12-23-30(26,27)16-10-6-14(7-11-16)19(25)28-15-8-4-13(5-9-15)18(21)22/h4-11,23H,12H2,1-3H3,(H3,21,22). The first kappa shape index (κ1) is 23.0. The van der Waals surface area contributed by atoms with Crippen molar-refractivity contribution in [2.75, 3.05) is 6.54 Å². The lowest BCUT2D eigenvalue weighted by Gasteiger charge is -2.19.